The highest BCUT2D eigenvalue weighted by Crippen LogP contribution is 2.32. The Balaban J connectivity index is 3.20. The Morgan fingerprint density at radius 1 is 1.43 bits per heavy atom. The maximum atomic E-state index is 12.3. The van der Waals surface area contributed by atoms with Gasteiger partial charge in [-0.15, -0.1) is 0 Å². The first-order valence-electron chi connectivity index (χ1n) is 3.96. The van der Waals surface area contributed by atoms with Crippen LogP contribution in [0.25, 0.3) is 0 Å². The van der Waals surface area contributed by atoms with Gasteiger partial charge in [-0.2, -0.15) is 0 Å². The van der Waals surface area contributed by atoms with Gasteiger partial charge in [0.15, 0.2) is 0 Å². The van der Waals surface area contributed by atoms with Crippen molar-refractivity contribution in [1.82, 2.24) is 0 Å². The number of rotatable bonds is 2. The molecule has 78 valence electrons. The Labute approximate surface area is 85.3 Å². The monoisotopic (exact) mass is 221 g/mol. The summed E-state index contributed by atoms with van der Waals surface area (Å²) in [4.78, 5) is 0. The van der Waals surface area contributed by atoms with E-state index < -0.39 is 12.5 Å². The van der Waals surface area contributed by atoms with Gasteiger partial charge in [-0.25, -0.2) is 8.78 Å². The zero-order valence-electron chi connectivity index (χ0n) is 7.47. The van der Waals surface area contributed by atoms with E-state index >= 15 is 0 Å². The first-order chi connectivity index (χ1) is 6.43. The second kappa shape index (κ2) is 4.11. The number of nitrogens with two attached hydrogens (primary N) is 1. The summed E-state index contributed by atoms with van der Waals surface area (Å²) in [5.74, 6) is -0.220. The van der Waals surface area contributed by atoms with Crippen molar-refractivity contribution < 1.29 is 13.9 Å². The molecule has 0 aliphatic carbocycles. The van der Waals surface area contributed by atoms with Crippen LogP contribution in [0.2, 0.25) is 5.02 Å². The lowest BCUT2D eigenvalue weighted by Crippen LogP contribution is -2.19. The topological polar surface area (TPSA) is 46.2 Å². The van der Waals surface area contributed by atoms with Gasteiger partial charge in [-0.05, 0) is 24.6 Å². The predicted molar refractivity (Wildman–Crippen MR) is 50.8 cm³/mol. The fourth-order valence-corrected chi connectivity index (χ4v) is 1.43. The molecule has 0 saturated carbocycles. The highest BCUT2D eigenvalue weighted by Gasteiger charge is 2.21. The fourth-order valence-electron chi connectivity index (χ4n) is 1.15. The van der Waals surface area contributed by atoms with Crippen LogP contribution in [0.3, 0.4) is 0 Å². The third kappa shape index (κ3) is 2.13. The van der Waals surface area contributed by atoms with Crippen molar-refractivity contribution in [2.24, 2.45) is 5.73 Å². The van der Waals surface area contributed by atoms with Crippen LogP contribution >= 0.6 is 11.6 Å². The van der Waals surface area contributed by atoms with Crippen LogP contribution < -0.4 is 5.73 Å². The van der Waals surface area contributed by atoms with E-state index in [9.17, 15) is 13.9 Å². The van der Waals surface area contributed by atoms with E-state index in [1.165, 1.54) is 12.1 Å². The van der Waals surface area contributed by atoms with Crippen LogP contribution in [0.5, 0.6) is 5.75 Å². The van der Waals surface area contributed by atoms with Crippen LogP contribution in [0, 0.1) is 6.92 Å². The van der Waals surface area contributed by atoms with Crippen molar-refractivity contribution >= 4 is 11.6 Å². The lowest BCUT2D eigenvalue weighted by atomic mass is 10.0. The quantitative estimate of drug-likeness (QED) is 0.807. The highest BCUT2D eigenvalue weighted by atomic mass is 35.5. The molecule has 3 N–H and O–H groups in total. The Hall–Kier alpha value is -0.870. The molecule has 0 radical (unpaired) electrons. The smallest absolute Gasteiger partial charge is 0.257 e. The van der Waals surface area contributed by atoms with Crippen molar-refractivity contribution in [3.05, 3.63) is 28.3 Å². The van der Waals surface area contributed by atoms with E-state index in [4.69, 9.17) is 17.3 Å². The van der Waals surface area contributed by atoms with Crippen LogP contribution in [-0.4, -0.2) is 11.5 Å². The van der Waals surface area contributed by atoms with Gasteiger partial charge in [0, 0.05) is 10.6 Å². The molecule has 0 bridgehead atoms. The number of alkyl halides is 2. The van der Waals surface area contributed by atoms with E-state index in [-0.39, 0.29) is 16.3 Å². The molecule has 0 fully saturated rings. The Kier molecular flexibility index (Phi) is 3.29. The average Bonchev–Trinajstić information content (AvgIpc) is 2.09. The molecule has 0 aliphatic rings. The number of aromatic hydroxyl groups is 1. The van der Waals surface area contributed by atoms with Crippen LogP contribution in [0.1, 0.15) is 17.2 Å². The molecule has 1 aromatic carbocycles. The maximum Gasteiger partial charge on any atom is 0.257 e. The van der Waals surface area contributed by atoms with E-state index in [0.717, 1.165) is 0 Å². The molecule has 0 spiro atoms. The van der Waals surface area contributed by atoms with Crippen molar-refractivity contribution in [1.29, 1.82) is 0 Å². The Bertz CT molecular complexity index is 344. The first kappa shape index (κ1) is 11.2. The van der Waals surface area contributed by atoms with E-state index in [0.29, 0.717) is 5.56 Å². The normalized spacial score (nSPS) is 13.3. The average molecular weight is 222 g/mol. The molecular weight excluding hydrogens is 212 g/mol. The minimum absolute atomic E-state index is 0.0231. The number of phenols is 1. The molecule has 1 aromatic rings. The summed E-state index contributed by atoms with van der Waals surface area (Å²) in [6, 6.07) is 1.23. The summed E-state index contributed by atoms with van der Waals surface area (Å²) in [6.45, 7) is 1.57. The predicted octanol–water partition coefficient (Wildman–Crippen LogP) is 2.62. The fraction of sp³-hybridized carbons (Fsp3) is 0.333. The second-order valence-electron chi connectivity index (χ2n) is 3.02. The van der Waals surface area contributed by atoms with Gasteiger partial charge in [0.25, 0.3) is 6.43 Å². The maximum absolute atomic E-state index is 12.3. The van der Waals surface area contributed by atoms with Gasteiger partial charge in [-0.3, -0.25) is 0 Å². The molecule has 0 heterocycles. The van der Waals surface area contributed by atoms with Crippen LogP contribution in [-0.2, 0) is 0 Å². The summed E-state index contributed by atoms with van der Waals surface area (Å²) in [6.07, 6.45) is -2.72. The summed E-state index contributed by atoms with van der Waals surface area (Å²) in [5.41, 5.74) is 5.62. The van der Waals surface area contributed by atoms with Gasteiger partial charge in [0.05, 0.1) is 6.04 Å². The minimum atomic E-state index is -2.72. The van der Waals surface area contributed by atoms with Gasteiger partial charge in [0.1, 0.15) is 5.75 Å². The van der Waals surface area contributed by atoms with Crippen molar-refractivity contribution in [2.45, 2.75) is 19.4 Å². The van der Waals surface area contributed by atoms with Gasteiger partial charge in [-0.1, -0.05) is 11.6 Å². The van der Waals surface area contributed by atoms with Crippen LogP contribution in [0.4, 0.5) is 8.78 Å². The minimum Gasteiger partial charge on any atom is -0.507 e. The van der Waals surface area contributed by atoms with Crippen molar-refractivity contribution in [2.75, 3.05) is 0 Å². The number of phenolic OH excluding ortho intramolecular Hbond substituents is 1. The number of halogens is 3. The molecule has 0 aliphatic heterocycles. The molecule has 1 atom stereocenters. The summed E-state index contributed by atoms with van der Waals surface area (Å²) in [7, 11) is 0. The summed E-state index contributed by atoms with van der Waals surface area (Å²) >= 11 is 5.66. The van der Waals surface area contributed by atoms with E-state index in [1.54, 1.807) is 6.92 Å². The number of aryl methyl sites for hydroxylation is 1. The largest absolute Gasteiger partial charge is 0.507 e. The third-order valence-corrected chi connectivity index (χ3v) is 2.14. The standard InChI is InChI=1S/C9H10ClF2NO/c1-4-2-5(10)3-6(8(4)14)7(13)9(11)12/h2-3,7,9,14H,13H2,1H3/t7-/m1/s1. The number of hydrogen-bond donors (Lipinski definition) is 2. The van der Waals surface area contributed by atoms with Gasteiger partial charge >= 0.3 is 0 Å². The Morgan fingerprint density at radius 2 is 2.00 bits per heavy atom. The Morgan fingerprint density at radius 3 is 2.50 bits per heavy atom. The molecule has 1 rings (SSSR count). The third-order valence-electron chi connectivity index (χ3n) is 1.93. The molecule has 0 aromatic heterocycles. The van der Waals surface area contributed by atoms with Crippen molar-refractivity contribution in [3.63, 3.8) is 0 Å². The van der Waals surface area contributed by atoms with E-state index in [2.05, 4.69) is 0 Å². The zero-order chi connectivity index (χ0) is 10.9. The van der Waals surface area contributed by atoms with Crippen LogP contribution in [0.15, 0.2) is 12.1 Å². The number of benzene rings is 1. The number of hydrogen-bond acceptors (Lipinski definition) is 2. The van der Waals surface area contributed by atoms with Gasteiger partial charge < -0.3 is 10.8 Å². The molecule has 5 heteroatoms. The van der Waals surface area contributed by atoms with E-state index in [1.807, 2.05) is 0 Å². The van der Waals surface area contributed by atoms with Gasteiger partial charge in [0.2, 0.25) is 0 Å². The molecule has 0 unspecified atom stereocenters. The summed E-state index contributed by atoms with van der Waals surface area (Å²) in [5, 5.41) is 9.75. The zero-order valence-corrected chi connectivity index (χ0v) is 8.22. The molecule has 0 amide bonds. The highest BCUT2D eigenvalue weighted by molar-refractivity contribution is 6.30. The second-order valence-corrected chi connectivity index (χ2v) is 3.46. The lowest BCUT2D eigenvalue weighted by Gasteiger charge is -2.14. The SMILES string of the molecule is Cc1cc(Cl)cc([C@@H](N)C(F)F)c1O. The molecule has 14 heavy (non-hydrogen) atoms. The lowest BCUT2D eigenvalue weighted by molar-refractivity contribution is 0.115. The first-order valence-corrected chi connectivity index (χ1v) is 4.34. The molecule has 2 nitrogen and oxygen atoms in total. The molecular formula is C9H10ClF2NO. The summed E-state index contributed by atoms with van der Waals surface area (Å²) < 4.78 is 24.6. The molecule has 0 saturated heterocycles. The van der Waals surface area contributed by atoms with Crippen molar-refractivity contribution in [3.8, 4) is 5.75 Å².